The number of benzene rings is 3. The van der Waals surface area contributed by atoms with Gasteiger partial charge in [-0.05, 0) is 61.4 Å². The van der Waals surface area contributed by atoms with E-state index in [0.717, 1.165) is 5.69 Å². The number of esters is 1. The normalized spacial score (nSPS) is 15.8. The molecule has 1 aliphatic rings. The molecule has 3 aromatic carbocycles. The summed E-state index contributed by atoms with van der Waals surface area (Å²) in [6, 6.07) is 15.0. The van der Waals surface area contributed by atoms with E-state index in [1.54, 1.807) is 18.2 Å². The molecule has 14 heteroatoms. The summed E-state index contributed by atoms with van der Waals surface area (Å²) >= 11 is 0. The molecule has 4 rings (SSSR count). The molecular weight excluding hydrogens is 638 g/mol. The fourth-order valence-electron chi connectivity index (χ4n) is 5.23. The first-order valence-electron chi connectivity index (χ1n) is 15.4. The molecule has 2 N–H and O–H groups in total. The highest BCUT2D eigenvalue weighted by Crippen LogP contribution is 2.29. The number of hydrogen-bond donors (Lipinski definition) is 2. The van der Waals surface area contributed by atoms with Crippen molar-refractivity contribution in [1.82, 2.24) is 10.2 Å². The SMILES string of the molecule is COCOc1ccc(C(=O)N[C@@H]2CN(C(=O)O)CCC[C@H]2OC(=O)c2ccc(C(=O)c3cc(N(C)C)ccc3OCOC)cc2)cc1OC. The van der Waals surface area contributed by atoms with Gasteiger partial charge in [0, 0.05) is 58.2 Å². The number of amides is 2. The molecule has 0 bridgehead atoms. The van der Waals surface area contributed by atoms with Gasteiger partial charge in [0.1, 0.15) is 11.9 Å². The highest BCUT2D eigenvalue weighted by atomic mass is 16.7. The highest BCUT2D eigenvalue weighted by molar-refractivity contribution is 6.11. The molecule has 0 radical (unpaired) electrons. The Labute approximate surface area is 284 Å². The fourth-order valence-corrected chi connectivity index (χ4v) is 5.23. The Morgan fingerprint density at radius 1 is 0.837 bits per heavy atom. The zero-order chi connectivity index (χ0) is 35.5. The molecule has 0 saturated carbocycles. The predicted molar refractivity (Wildman–Crippen MR) is 178 cm³/mol. The average molecular weight is 680 g/mol. The molecule has 0 spiro atoms. The Morgan fingerprint density at radius 3 is 2.10 bits per heavy atom. The van der Waals surface area contributed by atoms with Gasteiger partial charge in [-0.1, -0.05) is 12.1 Å². The molecule has 3 aromatic rings. The van der Waals surface area contributed by atoms with Crippen LogP contribution in [0.25, 0.3) is 0 Å². The predicted octanol–water partition coefficient (Wildman–Crippen LogP) is 4.06. The summed E-state index contributed by atoms with van der Waals surface area (Å²) in [5.41, 5.74) is 1.85. The zero-order valence-corrected chi connectivity index (χ0v) is 28.1. The lowest BCUT2D eigenvalue weighted by Gasteiger charge is -2.28. The van der Waals surface area contributed by atoms with Gasteiger partial charge in [-0.3, -0.25) is 9.59 Å². The van der Waals surface area contributed by atoms with Crippen LogP contribution in [0, 0.1) is 0 Å². The molecule has 262 valence electrons. The first kappa shape index (κ1) is 36.5. The molecule has 0 aromatic heterocycles. The lowest BCUT2D eigenvalue weighted by Crippen LogP contribution is -2.51. The second kappa shape index (κ2) is 17.2. The van der Waals surface area contributed by atoms with Crippen LogP contribution in [0.5, 0.6) is 17.2 Å². The number of anilines is 1. The maximum absolute atomic E-state index is 13.5. The second-order valence-corrected chi connectivity index (χ2v) is 11.3. The Morgan fingerprint density at radius 2 is 1.47 bits per heavy atom. The number of likely N-dealkylation sites (tertiary alicyclic amines) is 1. The van der Waals surface area contributed by atoms with E-state index in [9.17, 15) is 24.3 Å². The molecule has 1 saturated heterocycles. The lowest BCUT2D eigenvalue weighted by molar-refractivity contribution is 0.0179. The van der Waals surface area contributed by atoms with Crippen molar-refractivity contribution < 1.29 is 52.7 Å². The van der Waals surface area contributed by atoms with Gasteiger partial charge in [0.05, 0.1) is 24.3 Å². The Hall–Kier alpha value is -5.34. The van der Waals surface area contributed by atoms with Crippen LogP contribution in [0.2, 0.25) is 0 Å². The molecule has 1 fully saturated rings. The van der Waals surface area contributed by atoms with Crippen LogP contribution in [0.15, 0.2) is 60.7 Å². The third-order valence-corrected chi connectivity index (χ3v) is 7.83. The van der Waals surface area contributed by atoms with Gasteiger partial charge in [0.15, 0.2) is 30.9 Å². The van der Waals surface area contributed by atoms with Crippen molar-refractivity contribution in [2.75, 3.05) is 67.0 Å². The molecular formula is C35H41N3O11. The Bertz CT molecular complexity index is 1630. The van der Waals surface area contributed by atoms with E-state index in [0.29, 0.717) is 41.2 Å². The molecule has 0 unspecified atom stereocenters. The number of hydrogen-bond acceptors (Lipinski definition) is 11. The number of nitrogens with zero attached hydrogens (tertiary/aromatic N) is 2. The molecule has 0 aliphatic carbocycles. The summed E-state index contributed by atoms with van der Waals surface area (Å²) in [6.07, 6.45) is -1.29. The van der Waals surface area contributed by atoms with E-state index in [-0.39, 0.29) is 43.6 Å². The van der Waals surface area contributed by atoms with E-state index in [1.807, 2.05) is 25.1 Å². The topological polar surface area (TPSA) is 162 Å². The second-order valence-electron chi connectivity index (χ2n) is 11.3. The van der Waals surface area contributed by atoms with Gasteiger partial charge >= 0.3 is 12.1 Å². The number of methoxy groups -OCH3 is 3. The molecule has 1 heterocycles. The van der Waals surface area contributed by atoms with Crippen molar-refractivity contribution >= 4 is 29.4 Å². The van der Waals surface area contributed by atoms with Crippen molar-refractivity contribution in [3.8, 4) is 17.2 Å². The molecule has 2 atom stereocenters. The third-order valence-electron chi connectivity index (χ3n) is 7.83. The Kier molecular flexibility index (Phi) is 12.8. The molecule has 49 heavy (non-hydrogen) atoms. The zero-order valence-electron chi connectivity index (χ0n) is 28.1. The van der Waals surface area contributed by atoms with Gasteiger partial charge in [-0.25, -0.2) is 9.59 Å². The quantitative estimate of drug-likeness (QED) is 0.143. The van der Waals surface area contributed by atoms with Crippen molar-refractivity contribution in [2.24, 2.45) is 0 Å². The fraction of sp³-hybridized carbons (Fsp3) is 0.371. The Balaban J connectivity index is 1.52. The number of nitrogens with one attached hydrogen (secondary N) is 1. The molecule has 14 nitrogen and oxygen atoms in total. The minimum Gasteiger partial charge on any atom is -0.493 e. The van der Waals surface area contributed by atoms with Gasteiger partial charge < -0.3 is 48.6 Å². The van der Waals surface area contributed by atoms with Gasteiger partial charge in [-0.15, -0.1) is 0 Å². The maximum atomic E-state index is 13.5. The van der Waals surface area contributed by atoms with Crippen molar-refractivity contribution in [2.45, 2.75) is 25.0 Å². The van der Waals surface area contributed by atoms with Gasteiger partial charge in [0.2, 0.25) is 0 Å². The third kappa shape index (κ3) is 9.39. The number of ether oxygens (including phenoxy) is 6. The standard InChI is InChI=1S/C35H41N3O11/c1-37(2)25-13-15-28(47-20-44-3)26(18-25)32(39)22-8-10-23(11-9-22)34(41)49-29-7-6-16-38(35(42)43)19-27(29)36-33(40)24-12-14-30(48-21-45-4)31(17-24)46-5/h8-15,17-18,27,29H,6-7,16,19-21H2,1-5H3,(H,36,40)(H,42,43)/t27-,29-/m1/s1. The van der Waals surface area contributed by atoms with E-state index < -0.39 is 30.1 Å². The van der Waals surface area contributed by atoms with Crippen LogP contribution < -0.4 is 24.4 Å². The van der Waals surface area contributed by atoms with E-state index >= 15 is 0 Å². The van der Waals surface area contributed by atoms with Crippen molar-refractivity contribution in [1.29, 1.82) is 0 Å². The maximum Gasteiger partial charge on any atom is 0.407 e. The number of rotatable bonds is 14. The summed E-state index contributed by atoms with van der Waals surface area (Å²) in [6.45, 7) is 0.0508. The molecule has 1 aliphatic heterocycles. The van der Waals surface area contributed by atoms with Gasteiger partial charge in [-0.2, -0.15) is 0 Å². The van der Waals surface area contributed by atoms with E-state index in [1.165, 1.54) is 62.6 Å². The van der Waals surface area contributed by atoms with Crippen LogP contribution in [-0.4, -0.2) is 108 Å². The number of ketones is 1. The van der Waals surface area contributed by atoms with Crippen LogP contribution >= 0.6 is 0 Å². The minimum absolute atomic E-state index is 0.0174. The van der Waals surface area contributed by atoms with Crippen molar-refractivity contribution in [3.63, 3.8) is 0 Å². The average Bonchev–Trinajstić information content (AvgIpc) is 3.31. The minimum atomic E-state index is -1.15. The monoisotopic (exact) mass is 679 g/mol. The highest BCUT2D eigenvalue weighted by Gasteiger charge is 2.34. The largest absolute Gasteiger partial charge is 0.493 e. The van der Waals surface area contributed by atoms with Crippen molar-refractivity contribution in [3.05, 3.63) is 82.9 Å². The van der Waals surface area contributed by atoms with Crippen LogP contribution in [0.1, 0.15) is 49.5 Å². The smallest absolute Gasteiger partial charge is 0.407 e. The van der Waals surface area contributed by atoms with Crippen LogP contribution in [-0.2, 0) is 14.2 Å². The summed E-state index contributed by atoms with van der Waals surface area (Å²) < 4.78 is 32.2. The number of carbonyl (C=O) groups is 4. The van der Waals surface area contributed by atoms with E-state index in [2.05, 4.69) is 5.32 Å². The number of carboxylic acid groups (broad SMARTS) is 1. The summed E-state index contributed by atoms with van der Waals surface area (Å²) in [5.74, 6) is -0.505. The van der Waals surface area contributed by atoms with Crippen LogP contribution in [0.4, 0.5) is 10.5 Å². The van der Waals surface area contributed by atoms with E-state index in [4.69, 9.17) is 28.4 Å². The summed E-state index contributed by atoms with van der Waals surface area (Å²) in [5, 5.41) is 12.6. The van der Waals surface area contributed by atoms with Gasteiger partial charge in [0.25, 0.3) is 5.91 Å². The summed E-state index contributed by atoms with van der Waals surface area (Å²) in [4.78, 5) is 55.2. The first-order valence-corrected chi connectivity index (χ1v) is 15.4. The summed E-state index contributed by atoms with van der Waals surface area (Å²) in [7, 11) is 8.11. The number of carbonyl (C=O) groups excluding carboxylic acids is 3. The molecule has 2 amide bonds. The lowest BCUT2D eigenvalue weighted by atomic mass is 10.0. The van der Waals surface area contributed by atoms with Crippen LogP contribution in [0.3, 0.4) is 0 Å². The first-order chi connectivity index (χ1) is 23.6.